The van der Waals surface area contributed by atoms with Crippen molar-refractivity contribution in [1.29, 1.82) is 0 Å². The molecule has 0 heterocycles. The van der Waals surface area contributed by atoms with Gasteiger partial charge in [-0.3, -0.25) is 4.79 Å². The highest BCUT2D eigenvalue weighted by Crippen LogP contribution is 2.23. The van der Waals surface area contributed by atoms with Gasteiger partial charge in [-0.1, -0.05) is 0 Å². The van der Waals surface area contributed by atoms with E-state index in [1.54, 1.807) is 0 Å². The highest BCUT2D eigenvalue weighted by atomic mass is 16.5. The second-order valence-electron chi connectivity index (χ2n) is 3.15. The number of ketones is 1. The molecule has 1 aliphatic rings. The lowest BCUT2D eigenvalue weighted by Crippen LogP contribution is -2.01. The van der Waals surface area contributed by atoms with E-state index in [0.29, 0.717) is 31.6 Å². The van der Waals surface area contributed by atoms with Crippen molar-refractivity contribution in [2.45, 2.75) is 32.6 Å². The second-order valence-corrected chi connectivity index (χ2v) is 3.15. The predicted octanol–water partition coefficient (Wildman–Crippen LogP) is 1.98. The van der Waals surface area contributed by atoms with Crippen LogP contribution in [0.25, 0.3) is 0 Å². The molecule has 0 amide bonds. The van der Waals surface area contributed by atoms with Crippen LogP contribution >= 0.6 is 0 Å². The number of hydrogen-bond donors (Lipinski definition) is 1. The van der Waals surface area contributed by atoms with Crippen LogP contribution in [-0.2, 0) is 9.53 Å². The van der Waals surface area contributed by atoms with Gasteiger partial charge >= 0.3 is 0 Å². The monoisotopic (exact) mass is 184 g/mol. The molecular formula is C10H16O3. The maximum Gasteiger partial charge on any atom is 0.162 e. The molecule has 0 aromatic heterocycles. The van der Waals surface area contributed by atoms with Gasteiger partial charge in [-0.15, -0.1) is 0 Å². The largest absolute Gasteiger partial charge is 0.512 e. The molecule has 0 saturated heterocycles. The van der Waals surface area contributed by atoms with Crippen LogP contribution in [0.1, 0.15) is 32.6 Å². The second kappa shape index (κ2) is 5.02. The number of allylic oxidation sites excluding steroid dienone is 1. The fourth-order valence-electron chi connectivity index (χ4n) is 1.49. The number of ether oxygens (including phenoxy) is 1. The molecule has 0 atom stereocenters. The van der Waals surface area contributed by atoms with E-state index in [0.717, 1.165) is 12.8 Å². The summed E-state index contributed by atoms with van der Waals surface area (Å²) in [6, 6.07) is 0. The molecule has 1 aliphatic carbocycles. The van der Waals surface area contributed by atoms with Crippen molar-refractivity contribution in [3.63, 3.8) is 0 Å². The minimum absolute atomic E-state index is 0.106. The summed E-state index contributed by atoms with van der Waals surface area (Å²) >= 11 is 0. The van der Waals surface area contributed by atoms with Crippen molar-refractivity contribution in [3.8, 4) is 0 Å². The molecule has 0 aliphatic heterocycles. The Morgan fingerprint density at radius 3 is 2.85 bits per heavy atom. The van der Waals surface area contributed by atoms with Gasteiger partial charge in [-0.2, -0.15) is 0 Å². The number of carbonyl (C=O) groups excluding carboxylic acids is 1. The van der Waals surface area contributed by atoms with E-state index in [2.05, 4.69) is 0 Å². The molecule has 3 nitrogen and oxygen atoms in total. The molecule has 1 fully saturated rings. The minimum Gasteiger partial charge on any atom is -0.512 e. The van der Waals surface area contributed by atoms with Crippen LogP contribution in [0.3, 0.4) is 0 Å². The third-order valence-corrected chi connectivity index (χ3v) is 2.20. The molecule has 1 saturated carbocycles. The summed E-state index contributed by atoms with van der Waals surface area (Å²) in [5.41, 5.74) is 0.625. The van der Waals surface area contributed by atoms with Crippen LogP contribution in [-0.4, -0.2) is 24.1 Å². The Hall–Kier alpha value is -0.830. The first-order valence-corrected chi connectivity index (χ1v) is 4.77. The Labute approximate surface area is 78.4 Å². The maximum absolute atomic E-state index is 11.2. The quantitative estimate of drug-likeness (QED) is 0.413. The van der Waals surface area contributed by atoms with E-state index in [9.17, 15) is 9.90 Å². The third-order valence-electron chi connectivity index (χ3n) is 2.20. The fraction of sp³-hybridized carbons (Fsp3) is 0.700. The number of carbonyl (C=O) groups is 1. The highest BCUT2D eigenvalue weighted by molar-refractivity contribution is 5.97. The van der Waals surface area contributed by atoms with Gasteiger partial charge in [0.25, 0.3) is 0 Å². The highest BCUT2D eigenvalue weighted by Gasteiger charge is 2.20. The molecule has 0 bridgehead atoms. The topological polar surface area (TPSA) is 46.5 Å². The SMILES string of the molecule is CCOCCC(O)=C1CCCC1=O. The van der Waals surface area contributed by atoms with E-state index < -0.39 is 0 Å². The normalized spacial score (nSPS) is 20.8. The van der Waals surface area contributed by atoms with Crippen LogP contribution in [0.15, 0.2) is 11.3 Å². The molecule has 0 unspecified atom stereocenters. The Bertz CT molecular complexity index is 218. The summed E-state index contributed by atoms with van der Waals surface area (Å²) < 4.78 is 5.09. The van der Waals surface area contributed by atoms with E-state index in [-0.39, 0.29) is 11.5 Å². The fourth-order valence-corrected chi connectivity index (χ4v) is 1.49. The van der Waals surface area contributed by atoms with Gasteiger partial charge in [0.05, 0.1) is 6.61 Å². The molecule has 0 radical (unpaired) electrons. The smallest absolute Gasteiger partial charge is 0.162 e. The summed E-state index contributed by atoms with van der Waals surface area (Å²) in [5, 5.41) is 9.52. The summed E-state index contributed by atoms with van der Waals surface area (Å²) in [4.78, 5) is 11.2. The van der Waals surface area contributed by atoms with E-state index >= 15 is 0 Å². The third kappa shape index (κ3) is 2.84. The number of Topliss-reactive ketones (excluding diaryl/α,β-unsaturated/α-hetero) is 1. The van der Waals surface area contributed by atoms with Crippen molar-refractivity contribution in [3.05, 3.63) is 11.3 Å². The first-order chi connectivity index (χ1) is 6.25. The molecule has 3 heteroatoms. The van der Waals surface area contributed by atoms with Crippen LogP contribution in [0.5, 0.6) is 0 Å². The van der Waals surface area contributed by atoms with Crippen molar-refractivity contribution in [2.24, 2.45) is 0 Å². The lowest BCUT2D eigenvalue weighted by molar-refractivity contribution is -0.114. The molecule has 0 aromatic rings. The summed E-state index contributed by atoms with van der Waals surface area (Å²) in [5.74, 6) is 0.338. The lowest BCUT2D eigenvalue weighted by Gasteiger charge is -2.03. The van der Waals surface area contributed by atoms with Crippen LogP contribution in [0, 0.1) is 0 Å². The number of hydrogen-bond acceptors (Lipinski definition) is 3. The zero-order valence-electron chi connectivity index (χ0n) is 8.01. The maximum atomic E-state index is 11.2. The molecule has 0 spiro atoms. The van der Waals surface area contributed by atoms with E-state index in [1.807, 2.05) is 6.92 Å². The summed E-state index contributed by atoms with van der Waals surface area (Å²) in [7, 11) is 0. The predicted molar refractivity (Wildman–Crippen MR) is 49.6 cm³/mol. The van der Waals surface area contributed by atoms with Gasteiger partial charge in [0.1, 0.15) is 5.76 Å². The Morgan fingerprint density at radius 2 is 2.31 bits per heavy atom. The number of rotatable bonds is 4. The molecule has 13 heavy (non-hydrogen) atoms. The van der Waals surface area contributed by atoms with Gasteiger partial charge in [0.2, 0.25) is 0 Å². The first kappa shape index (κ1) is 10.3. The van der Waals surface area contributed by atoms with Gasteiger partial charge in [0, 0.05) is 25.0 Å². The average molecular weight is 184 g/mol. The van der Waals surface area contributed by atoms with Gasteiger partial charge in [0.15, 0.2) is 5.78 Å². The lowest BCUT2D eigenvalue weighted by atomic mass is 10.1. The zero-order chi connectivity index (χ0) is 9.68. The van der Waals surface area contributed by atoms with Crippen molar-refractivity contribution >= 4 is 5.78 Å². The minimum atomic E-state index is 0.106. The molecule has 1 rings (SSSR count). The van der Waals surface area contributed by atoms with Crippen LogP contribution < -0.4 is 0 Å². The first-order valence-electron chi connectivity index (χ1n) is 4.77. The van der Waals surface area contributed by atoms with Crippen LogP contribution in [0.4, 0.5) is 0 Å². The zero-order valence-corrected chi connectivity index (χ0v) is 8.01. The Balaban J connectivity index is 2.43. The molecule has 0 aromatic carbocycles. The van der Waals surface area contributed by atoms with Crippen molar-refractivity contribution in [2.75, 3.05) is 13.2 Å². The molecular weight excluding hydrogens is 168 g/mol. The number of aliphatic hydroxyl groups is 1. The molecule has 1 N–H and O–H groups in total. The Morgan fingerprint density at radius 1 is 1.54 bits per heavy atom. The van der Waals surface area contributed by atoms with Gasteiger partial charge < -0.3 is 9.84 Å². The van der Waals surface area contributed by atoms with E-state index in [1.165, 1.54) is 0 Å². The van der Waals surface area contributed by atoms with Gasteiger partial charge in [-0.25, -0.2) is 0 Å². The van der Waals surface area contributed by atoms with Crippen molar-refractivity contribution < 1.29 is 14.6 Å². The van der Waals surface area contributed by atoms with Gasteiger partial charge in [-0.05, 0) is 19.8 Å². The number of aliphatic hydroxyl groups excluding tert-OH is 1. The van der Waals surface area contributed by atoms with Crippen LogP contribution in [0.2, 0.25) is 0 Å². The van der Waals surface area contributed by atoms with E-state index in [4.69, 9.17) is 4.74 Å². The summed E-state index contributed by atoms with van der Waals surface area (Å²) in [6.07, 6.45) is 2.67. The average Bonchev–Trinajstić information content (AvgIpc) is 2.52. The standard InChI is InChI=1S/C10H16O3/c1-2-13-7-6-10(12)8-4-3-5-9(8)11/h12H,2-7H2,1H3. The Kier molecular flexibility index (Phi) is 3.96. The summed E-state index contributed by atoms with van der Waals surface area (Å²) in [6.45, 7) is 3.06. The molecule has 74 valence electrons. The van der Waals surface area contributed by atoms with Crippen molar-refractivity contribution in [1.82, 2.24) is 0 Å².